The van der Waals surface area contributed by atoms with Crippen LogP contribution >= 0.6 is 12.4 Å². The first-order valence-corrected chi connectivity index (χ1v) is 25.1. The first-order valence-electron chi connectivity index (χ1n) is 25.1. The predicted molar refractivity (Wildman–Crippen MR) is 280 cm³/mol. The van der Waals surface area contributed by atoms with Gasteiger partial charge in [0.25, 0.3) is 0 Å². The van der Waals surface area contributed by atoms with Crippen LogP contribution in [0.2, 0.25) is 0 Å². The Bertz CT molecular complexity index is 2940. The Hall–Kier alpha value is -6.37. The van der Waals surface area contributed by atoms with Gasteiger partial charge in [0.2, 0.25) is 0 Å². The lowest BCUT2D eigenvalue weighted by Crippen LogP contribution is -2.49. The van der Waals surface area contributed by atoms with Crippen LogP contribution in [-0.4, -0.2) is 122 Å². The van der Waals surface area contributed by atoms with Crippen molar-refractivity contribution in [2.75, 3.05) is 98.3 Å². The molecule has 6 heterocycles. The van der Waals surface area contributed by atoms with Gasteiger partial charge in [-0.1, -0.05) is 12.1 Å². The van der Waals surface area contributed by atoms with Crippen LogP contribution < -0.4 is 34.4 Å². The number of piperazine rings is 2. The third kappa shape index (κ3) is 11.9. The number of aromatic nitrogens is 4. The van der Waals surface area contributed by atoms with Gasteiger partial charge in [0.1, 0.15) is 47.9 Å². The molecule has 6 aromatic rings. The van der Waals surface area contributed by atoms with Crippen LogP contribution in [0.15, 0.2) is 73.1 Å². The second-order valence-electron chi connectivity index (χ2n) is 19.6. The normalized spacial score (nSPS) is 15.8. The van der Waals surface area contributed by atoms with Crippen LogP contribution in [0, 0.1) is 34.9 Å². The summed E-state index contributed by atoms with van der Waals surface area (Å²) >= 11 is 0. The van der Waals surface area contributed by atoms with E-state index in [1.807, 2.05) is 54.5 Å². The van der Waals surface area contributed by atoms with Crippen molar-refractivity contribution in [3.63, 3.8) is 0 Å². The van der Waals surface area contributed by atoms with Gasteiger partial charge in [0.05, 0.1) is 48.2 Å². The molecule has 4 aromatic carbocycles. The molecular weight excluding hydrogens is 982 g/mol. The summed E-state index contributed by atoms with van der Waals surface area (Å²) in [6.45, 7) is 20.9. The molecule has 0 bridgehead atoms. The molecule has 2 saturated heterocycles. The van der Waals surface area contributed by atoms with Crippen molar-refractivity contribution >= 4 is 35.2 Å². The molecule has 0 aliphatic carbocycles. The average molecular weight is 1050 g/mol. The first-order chi connectivity index (χ1) is 35.1. The third-order valence-corrected chi connectivity index (χ3v) is 13.8. The highest BCUT2D eigenvalue weighted by atomic mass is 35.5. The molecule has 4 aliphatic heterocycles. The lowest BCUT2D eigenvalue weighted by atomic mass is 10.1. The summed E-state index contributed by atoms with van der Waals surface area (Å²) in [6, 6.07) is 16.8. The van der Waals surface area contributed by atoms with Gasteiger partial charge >= 0.3 is 0 Å². The molecule has 2 fully saturated rings. The van der Waals surface area contributed by atoms with Crippen LogP contribution in [0.4, 0.5) is 49.1 Å². The van der Waals surface area contributed by atoms with E-state index in [1.54, 1.807) is 24.3 Å². The van der Waals surface area contributed by atoms with Crippen LogP contribution in [0.5, 0.6) is 11.5 Å². The number of nitrogens with one attached hydrogen (secondary N) is 1. The molecule has 394 valence electrons. The SMILES string of the molecule is CC(C)N1CCN(c2ccc(Cc3ncc(F)c(-c4cc(F)c5c(c4)N(C(C)C)CCO5)n3)cc2F)CC1.CC(C)N1CCOc2c(F)cc(-c3nc(Cc4ccc(N5CCNCC5)c(F)c4)ncc3F)cc21.Cl. The summed E-state index contributed by atoms with van der Waals surface area (Å²) in [6.07, 6.45) is 2.61. The number of benzene rings is 4. The smallest absolute Gasteiger partial charge is 0.178 e. The topological polar surface area (TPSA) is 98.2 Å². The van der Waals surface area contributed by atoms with E-state index in [0.717, 1.165) is 64.8 Å². The number of halogens is 7. The minimum Gasteiger partial charge on any atom is -0.486 e. The number of ether oxygens (including phenoxy) is 2. The maximum Gasteiger partial charge on any atom is 0.178 e. The van der Waals surface area contributed by atoms with Crippen LogP contribution in [0.25, 0.3) is 22.5 Å². The zero-order valence-electron chi connectivity index (χ0n) is 42.6. The van der Waals surface area contributed by atoms with Crippen molar-refractivity contribution in [1.29, 1.82) is 0 Å². The van der Waals surface area contributed by atoms with E-state index in [2.05, 4.69) is 48.9 Å². The predicted octanol–water partition coefficient (Wildman–Crippen LogP) is 9.88. The number of fused-ring (bicyclic) bond motifs is 2. The van der Waals surface area contributed by atoms with Gasteiger partial charge in [-0.2, -0.15) is 0 Å². The van der Waals surface area contributed by atoms with Crippen molar-refractivity contribution < 1.29 is 35.8 Å². The zero-order chi connectivity index (χ0) is 51.5. The second kappa shape index (κ2) is 23.4. The van der Waals surface area contributed by atoms with Gasteiger partial charge in [-0.05, 0) is 101 Å². The number of nitrogens with zero attached hydrogens (tertiary/aromatic N) is 9. The summed E-state index contributed by atoms with van der Waals surface area (Å²) in [5.41, 5.74) is 4.28. The first kappa shape index (κ1) is 53.9. The lowest BCUT2D eigenvalue weighted by molar-refractivity contribution is 0.209. The van der Waals surface area contributed by atoms with Crippen LogP contribution in [0.3, 0.4) is 0 Å². The maximum atomic E-state index is 15.1. The van der Waals surface area contributed by atoms with E-state index in [9.17, 15) is 22.0 Å². The van der Waals surface area contributed by atoms with Gasteiger partial charge < -0.3 is 34.4 Å². The molecule has 74 heavy (non-hydrogen) atoms. The van der Waals surface area contributed by atoms with Crippen molar-refractivity contribution in [3.05, 3.63) is 131 Å². The monoisotopic (exact) mass is 1040 g/mol. The fraction of sp³-hybridized carbons (Fsp3) is 0.418. The molecule has 1 N–H and O–H groups in total. The van der Waals surface area contributed by atoms with Crippen LogP contribution in [-0.2, 0) is 12.8 Å². The van der Waals surface area contributed by atoms with Crippen molar-refractivity contribution in [3.8, 4) is 34.0 Å². The van der Waals surface area contributed by atoms with Crippen LogP contribution in [0.1, 0.15) is 64.3 Å². The summed E-state index contributed by atoms with van der Waals surface area (Å²) in [7, 11) is 0. The molecular formula is C55H63ClF6N10O2. The Kier molecular flexibility index (Phi) is 17.1. The molecule has 0 radical (unpaired) electrons. The van der Waals surface area contributed by atoms with E-state index in [-0.39, 0.29) is 71.9 Å². The van der Waals surface area contributed by atoms with Gasteiger partial charge in [0, 0.05) is 94.5 Å². The van der Waals surface area contributed by atoms with E-state index >= 15 is 4.39 Å². The van der Waals surface area contributed by atoms with Gasteiger partial charge in [-0.3, -0.25) is 4.90 Å². The lowest BCUT2D eigenvalue weighted by Gasteiger charge is -2.38. The molecule has 4 aliphatic rings. The average Bonchev–Trinajstić information content (AvgIpc) is 3.38. The highest BCUT2D eigenvalue weighted by molar-refractivity contribution is 5.85. The molecule has 0 unspecified atom stereocenters. The second-order valence-corrected chi connectivity index (χ2v) is 19.6. The quantitative estimate of drug-likeness (QED) is 0.125. The minimum absolute atomic E-state index is 0. The Morgan fingerprint density at radius 1 is 0.486 bits per heavy atom. The number of hydrogen-bond acceptors (Lipinski definition) is 12. The molecule has 19 heteroatoms. The summed E-state index contributed by atoms with van der Waals surface area (Å²) in [5, 5.41) is 3.25. The Labute approximate surface area is 435 Å². The Balaban J connectivity index is 0.000000195. The van der Waals surface area contributed by atoms with E-state index in [0.29, 0.717) is 89.0 Å². The van der Waals surface area contributed by atoms with Crippen molar-refractivity contribution in [1.82, 2.24) is 30.2 Å². The highest BCUT2D eigenvalue weighted by Crippen LogP contribution is 2.41. The van der Waals surface area contributed by atoms with E-state index in [1.165, 1.54) is 24.3 Å². The number of hydrogen-bond donors (Lipinski definition) is 1. The summed E-state index contributed by atoms with van der Waals surface area (Å²) < 4.78 is 101. The molecule has 12 nitrogen and oxygen atoms in total. The zero-order valence-corrected chi connectivity index (χ0v) is 43.4. The molecule has 2 aromatic heterocycles. The molecule has 0 amide bonds. The molecule has 0 spiro atoms. The molecule has 0 atom stereocenters. The van der Waals surface area contributed by atoms with Gasteiger partial charge in [-0.25, -0.2) is 46.3 Å². The Morgan fingerprint density at radius 3 is 1.32 bits per heavy atom. The standard InChI is InChI=1S/C29H34F3N5O.C26H28F3N5O.ClH/c1-18(2)35-7-9-36(10-8-35)25-6-5-20(13-22(25)30)14-27-33-17-24(32)28(34-27)21-15-23(31)29-26(16-21)37(19(3)4)11-12-38-29;1-16(2)34-9-10-35-26-20(28)13-18(14-23(26)34)25-21(29)15-31-24(32-25)12-17-3-4-22(19(27)11-17)33-7-5-30-6-8-33;/h5-6,13,15-19H,7-12,14H2,1-4H3;3-4,11,13-16,30H,5-10,12H2,1-2H3;1H. The molecule has 0 saturated carbocycles. The summed E-state index contributed by atoms with van der Waals surface area (Å²) in [4.78, 5) is 27.5. The maximum absolute atomic E-state index is 15.1. The Morgan fingerprint density at radius 2 is 0.919 bits per heavy atom. The summed E-state index contributed by atoms with van der Waals surface area (Å²) in [5.74, 6) is -2.04. The fourth-order valence-corrected chi connectivity index (χ4v) is 9.92. The van der Waals surface area contributed by atoms with E-state index in [4.69, 9.17) is 9.47 Å². The minimum atomic E-state index is -0.652. The number of rotatable bonds is 11. The van der Waals surface area contributed by atoms with Crippen molar-refractivity contribution in [2.24, 2.45) is 0 Å². The highest BCUT2D eigenvalue weighted by Gasteiger charge is 2.28. The third-order valence-electron chi connectivity index (χ3n) is 13.8. The van der Waals surface area contributed by atoms with Crippen molar-refractivity contribution in [2.45, 2.75) is 72.5 Å². The van der Waals surface area contributed by atoms with Gasteiger partial charge in [-0.15, -0.1) is 12.4 Å². The molecule has 10 rings (SSSR count). The van der Waals surface area contributed by atoms with E-state index < -0.39 is 23.3 Å². The fourth-order valence-electron chi connectivity index (χ4n) is 9.92. The largest absolute Gasteiger partial charge is 0.486 e. The van der Waals surface area contributed by atoms with Gasteiger partial charge in [0.15, 0.2) is 34.8 Å². The number of anilines is 4.